The molecule has 0 fully saturated rings. The summed E-state index contributed by atoms with van der Waals surface area (Å²) in [7, 11) is 0. The van der Waals surface area contributed by atoms with Gasteiger partial charge in [0.25, 0.3) is 0 Å². The van der Waals surface area contributed by atoms with Gasteiger partial charge in [-0.05, 0) is 30.9 Å². The van der Waals surface area contributed by atoms with Gasteiger partial charge in [0, 0.05) is 11.2 Å². The second-order valence-corrected chi connectivity index (χ2v) is 3.42. The van der Waals surface area contributed by atoms with Crippen LogP contribution in [0.3, 0.4) is 0 Å². The summed E-state index contributed by atoms with van der Waals surface area (Å²) in [5.41, 5.74) is 1.45. The average molecular weight is 186 g/mol. The quantitative estimate of drug-likeness (QED) is 0.605. The van der Waals surface area contributed by atoms with Crippen LogP contribution in [-0.4, -0.2) is 4.98 Å². The molecule has 2 rings (SSSR count). The molecule has 1 aromatic rings. The van der Waals surface area contributed by atoms with Gasteiger partial charge in [0.05, 0.1) is 5.69 Å². The molecule has 1 nitrogen and oxygen atoms in total. The summed E-state index contributed by atoms with van der Waals surface area (Å²) in [4.78, 5) is 4.00. The van der Waals surface area contributed by atoms with Crippen molar-refractivity contribution in [3.05, 3.63) is 28.5 Å². The fraction of sp³-hybridized carbons (Fsp3) is 0.444. The van der Waals surface area contributed by atoms with Gasteiger partial charge < -0.3 is 0 Å². The second kappa shape index (κ2) is 3.02. The zero-order valence-corrected chi connectivity index (χ0v) is 7.31. The topological polar surface area (TPSA) is 12.9 Å². The van der Waals surface area contributed by atoms with Crippen molar-refractivity contribution < 1.29 is 4.39 Å². The van der Waals surface area contributed by atoms with Crippen molar-refractivity contribution in [2.45, 2.75) is 25.4 Å². The van der Waals surface area contributed by atoms with Crippen LogP contribution in [0.2, 0.25) is 5.02 Å². The summed E-state index contributed by atoms with van der Waals surface area (Å²) in [5.74, 6) is 0. The Morgan fingerprint density at radius 3 is 3.17 bits per heavy atom. The number of rotatable bonds is 0. The molecule has 0 spiro atoms. The van der Waals surface area contributed by atoms with Crippen molar-refractivity contribution in [3.8, 4) is 0 Å². The smallest absolute Gasteiger partial charge is 0.142 e. The molecule has 1 aromatic heterocycles. The zero-order chi connectivity index (χ0) is 8.55. The fourth-order valence-electron chi connectivity index (χ4n) is 1.60. The molecule has 0 aliphatic heterocycles. The summed E-state index contributed by atoms with van der Waals surface area (Å²) in [5, 5.41) is 0.655. The normalized spacial score (nSPS) is 22.0. The Labute approximate surface area is 75.6 Å². The number of alkyl halides is 1. The van der Waals surface area contributed by atoms with Gasteiger partial charge >= 0.3 is 0 Å². The van der Waals surface area contributed by atoms with Crippen LogP contribution >= 0.6 is 11.6 Å². The molecule has 3 heteroatoms. The van der Waals surface area contributed by atoms with E-state index in [0.29, 0.717) is 17.1 Å². The molecule has 1 aliphatic rings. The highest BCUT2D eigenvalue weighted by atomic mass is 35.5. The molecule has 1 atom stereocenters. The van der Waals surface area contributed by atoms with Crippen molar-refractivity contribution in [1.29, 1.82) is 0 Å². The Bertz CT molecular complexity index is 301. The van der Waals surface area contributed by atoms with Gasteiger partial charge in [-0.3, -0.25) is 4.98 Å². The maximum atomic E-state index is 13.2. The van der Waals surface area contributed by atoms with E-state index in [-0.39, 0.29) is 0 Å². The number of fused-ring (bicyclic) bond motifs is 1. The number of nitrogens with zero attached hydrogens (tertiary/aromatic N) is 1. The summed E-state index contributed by atoms with van der Waals surface area (Å²) >= 11 is 5.90. The highest BCUT2D eigenvalue weighted by Crippen LogP contribution is 2.34. The molecule has 0 unspecified atom stereocenters. The van der Waals surface area contributed by atoms with Gasteiger partial charge in [0.2, 0.25) is 0 Å². The average Bonchev–Trinajstić information content (AvgIpc) is 2.07. The Balaban J connectivity index is 2.52. The predicted octanol–water partition coefficient (Wildman–Crippen LogP) is 3.08. The minimum Gasteiger partial charge on any atom is -0.258 e. The Hall–Kier alpha value is -0.630. The van der Waals surface area contributed by atoms with Gasteiger partial charge in [-0.15, -0.1) is 0 Å². The third-order valence-electron chi connectivity index (χ3n) is 2.21. The van der Waals surface area contributed by atoms with Crippen LogP contribution in [0.4, 0.5) is 4.39 Å². The summed E-state index contributed by atoms with van der Waals surface area (Å²) in [6.07, 6.45) is 2.98. The molecular weight excluding hydrogens is 177 g/mol. The lowest BCUT2D eigenvalue weighted by molar-refractivity contribution is 0.294. The number of aromatic nitrogens is 1. The first-order valence-electron chi connectivity index (χ1n) is 4.06. The molecule has 0 aromatic carbocycles. The van der Waals surface area contributed by atoms with Crippen LogP contribution in [0, 0.1) is 0 Å². The van der Waals surface area contributed by atoms with Crippen molar-refractivity contribution >= 4 is 11.6 Å². The predicted molar refractivity (Wildman–Crippen MR) is 46.0 cm³/mol. The molecule has 12 heavy (non-hydrogen) atoms. The first-order chi connectivity index (χ1) is 5.79. The molecule has 1 heterocycles. The van der Waals surface area contributed by atoms with Crippen molar-refractivity contribution in [3.63, 3.8) is 0 Å². The molecule has 0 N–H and O–H groups in total. The van der Waals surface area contributed by atoms with Crippen LogP contribution in [0.15, 0.2) is 12.3 Å². The highest BCUT2D eigenvalue weighted by molar-refractivity contribution is 6.31. The van der Waals surface area contributed by atoms with Crippen molar-refractivity contribution in [1.82, 2.24) is 4.98 Å². The zero-order valence-electron chi connectivity index (χ0n) is 6.56. The lowest BCUT2D eigenvalue weighted by Crippen LogP contribution is -2.08. The van der Waals surface area contributed by atoms with Gasteiger partial charge in [0.15, 0.2) is 0 Å². The maximum Gasteiger partial charge on any atom is 0.142 e. The Kier molecular flexibility index (Phi) is 2.01. The van der Waals surface area contributed by atoms with Crippen LogP contribution in [0.25, 0.3) is 0 Å². The van der Waals surface area contributed by atoms with Crippen LogP contribution in [0.5, 0.6) is 0 Å². The van der Waals surface area contributed by atoms with Crippen LogP contribution in [-0.2, 0) is 6.42 Å². The van der Waals surface area contributed by atoms with Crippen molar-refractivity contribution in [2.75, 3.05) is 0 Å². The van der Waals surface area contributed by atoms with Gasteiger partial charge in [-0.25, -0.2) is 4.39 Å². The number of halogens is 2. The van der Waals surface area contributed by atoms with Gasteiger partial charge in [-0.2, -0.15) is 0 Å². The van der Waals surface area contributed by atoms with E-state index in [1.807, 2.05) is 0 Å². The molecule has 0 saturated heterocycles. The van der Waals surface area contributed by atoms with E-state index in [9.17, 15) is 4.39 Å². The molecule has 0 amide bonds. The molecular formula is C9H9ClFN. The molecule has 0 saturated carbocycles. The van der Waals surface area contributed by atoms with E-state index in [4.69, 9.17) is 11.6 Å². The van der Waals surface area contributed by atoms with Crippen molar-refractivity contribution in [2.24, 2.45) is 0 Å². The third-order valence-corrected chi connectivity index (χ3v) is 2.57. The third kappa shape index (κ3) is 1.20. The van der Waals surface area contributed by atoms with Gasteiger partial charge in [-0.1, -0.05) is 11.6 Å². The molecule has 0 bridgehead atoms. The van der Waals surface area contributed by atoms with E-state index in [2.05, 4.69) is 4.98 Å². The number of hydrogen-bond acceptors (Lipinski definition) is 1. The maximum absolute atomic E-state index is 13.2. The SMILES string of the molecule is F[C@@H]1CCCc2c(Cl)ccnc21. The Morgan fingerprint density at radius 2 is 2.42 bits per heavy atom. The van der Waals surface area contributed by atoms with Crippen LogP contribution < -0.4 is 0 Å². The minimum absolute atomic E-state index is 0.550. The van der Waals surface area contributed by atoms with E-state index in [1.54, 1.807) is 12.3 Å². The van der Waals surface area contributed by atoms with Gasteiger partial charge in [0.1, 0.15) is 6.17 Å². The number of pyridine rings is 1. The Morgan fingerprint density at radius 1 is 1.58 bits per heavy atom. The van der Waals surface area contributed by atoms with Crippen LogP contribution in [0.1, 0.15) is 30.3 Å². The lowest BCUT2D eigenvalue weighted by atomic mass is 9.95. The number of hydrogen-bond donors (Lipinski definition) is 0. The molecule has 64 valence electrons. The van der Waals surface area contributed by atoms with E-state index < -0.39 is 6.17 Å². The molecule has 0 radical (unpaired) electrons. The lowest BCUT2D eigenvalue weighted by Gasteiger charge is -2.18. The summed E-state index contributed by atoms with van der Waals surface area (Å²) < 4.78 is 13.2. The van der Waals surface area contributed by atoms with E-state index >= 15 is 0 Å². The summed E-state index contributed by atoms with van der Waals surface area (Å²) in [6.45, 7) is 0. The largest absolute Gasteiger partial charge is 0.258 e. The highest BCUT2D eigenvalue weighted by Gasteiger charge is 2.22. The standard InChI is InChI=1S/C9H9ClFN/c10-7-4-5-12-9-6(7)2-1-3-8(9)11/h4-5,8H,1-3H2/t8-/m1/s1. The first-order valence-corrected chi connectivity index (χ1v) is 4.44. The molecule has 1 aliphatic carbocycles. The first kappa shape index (κ1) is 7.99. The monoisotopic (exact) mass is 185 g/mol. The fourth-order valence-corrected chi connectivity index (χ4v) is 1.84. The van der Waals surface area contributed by atoms with E-state index in [1.165, 1.54) is 0 Å². The minimum atomic E-state index is -0.910. The van der Waals surface area contributed by atoms with E-state index in [0.717, 1.165) is 18.4 Å². The second-order valence-electron chi connectivity index (χ2n) is 3.02. The summed E-state index contributed by atoms with van der Waals surface area (Å²) in [6, 6.07) is 1.72.